The molecule has 0 bridgehead atoms. The van der Waals surface area contributed by atoms with Crippen molar-refractivity contribution in [2.75, 3.05) is 164 Å². The average molecular weight is 1820 g/mol. The summed E-state index contributed by atoms with van der Waals surface area (Å²) in [6.07, 6.45) is 12.1. The molecule has 8 aromatic heterocycles. The van der Waals surface area contributed by atoms with E-state index < -0.39 is 47.4 Å². The molecule has 1 aliphatic rings. The number of rotatable bonds is 51. The minimum absolute atomic E-state index is 0.0306. The lowest BCUT2D eigenvalue weighted by atomic mass is 9.99. The Hall–Kier alpha value is -13.1. The highest BCUT2D eigenvalue weighted by atomic mass is 35.5. The summed E-state index contributed by atoms with van der Waals surface area (Å²) in [5.74, 6) is -2.14. The summed E-state index contributed by atoms with van der Waals surface area (Å²) >= 11 is 7.92. The van der Waals surface area contributed by atoms with Crippen LogP contribution in [0.3, 0.4) is 0 Å². The zero-order chi connectivity index (χ0) is 92.0. The van der Waals surface area contributed by atoms with E-state index >= 15 is 0 Å². The van der Waals surface area contributed by atoms with Crippen molar-refractivity contribution in [2.24, 2.45) is 47.3 Å². The van der Waals surface area contributed by atoms with Crippen molar-refractivity contribution in [3.8, 4) is 10.8 Å². The van der Waals surface area contributed by atoms with Crippen molar-refractivity contribution >= 4 is 122 Å². The van der Waals surface area contributed by atoms with Crippen LogP contribution >= 0.6 is 22.9 Å². The Bertz CT molecular complexity index is 5580. The number of halogens is 1. The number of carbonyl (C=O) groups excluding carboxylic acids is 10. The number of ether oxygens (including phenoxy) is 7. The second-order valence-electron chi connectivity index (χ2n) is 30.2. The molecule has 10 N–H and O–H groups in total. The molecule has 10 aromatic rings. The second kappa shape index (κ2) is 47.7. The molecule has 10 amide bonds. The van der Waals surface area contributed by atoms with Crippen LogP contribution in [-0.2, 0) is 89.9 Å². The molecule has 0 aliphatic carbocycles. The molecule has 0 saturated carbocycles. The van der Waals surface area contributed by atoms with Crippen LogP contribution in [0.2, 0.25) is 5.02 Å². The Morgan fingerprint density at radius 3 is 1.40 bits per heavy atom. The second-order valence-corrected chi connectivity index (χ2v) is 31.8. The fourth-order valence-electron chi connectivity index (χ4n) is 13.5. The largest absolute Gasteiger partial charge is 0.491 e. The number of nitrogens with zero attached hydrogens (tertiary/aromatic N) is 14. The van der Waals surface area contributed by atoms with Crippen LogP contribution in [0.15, 0.2) is 115 Å². The number of anilines is 6. The van der Waals surface area contributed by atoms with Gasteiger partial charge in [-0.1, -0.05) is 23.7 Å². The highest BCUT2D eigenvalue weighted by Crippen LogP contribution is 2.40. The molecule has 43 heteroatoms. The zero-order valence-corrected chi connectivity index (χ0v) is 75.2. The first-order valence-electron chi connectivity index (χ1n) is 41.9. The number of amides is 10. The highest BCUT2D eigenvalue weighted by Gasteiger charge is 2.33. The minimum atomic E-state index is -0.643. The number of aliphatic imine (C=N–C) groups is 1. The molecule has 1 atom stereocenters. The van der Waals surface area contributed by atoms with Gasteiger partial charge in [0.2, 0.25) is 35.3 Å². The van der Waals surface area contributed by atoms with Gasteiger partial charge in [0.05, 0.1) is 108 Å². The van der Waals surface area contributed by atoms with Crippen LogP contribution in [-0.4, -0.2) is 259 Å². The van der Waals surface area contributed by atoms with E-state index in [4.69, 9.17) is 49.8 Å². The molecule has 9 heterocycles. The molecule has 0 spiro atoms. The SMILES string of the molecule is Cc1sc2c(c1C)C(c1ccc(Cl)cc1)=N[C@@H](CC(=O)Nc1ccc(OCCOCCOCCOCCOCCOCCOCCC(=O)NCCCN(C)CCCNC(=O)c3cc(NC(=O)c4nc(NC(=O)CCNC(=O)c5cc(NC(=O)c6nc(NC(=O)CCNC(=O)c7cc(NC(=O)c8nccn8C)cn7C)cn6C)cn5C)cn4C)cn3C)cc1)c1nnc(C)n1-2. The standard InChI is InChI=1S/C86H109ClN24O17S/c1-54-55(2)129-86-74(54)75(57-13-15-58(87)16-14-57)97-64(76-103-102-56(3)111(76)86)48-73(115)93-59-17-19-63(20-18-59)128-44-43-127-42-41-126-40-39-125-38-37-124-36-35-123-34-33-122-32-23-70(112)88-24-11-29-104(4)30-12-25-90-80(116)65-46-61(50-106(65)6)95-84(120)78-100-68(52-109(78)9)98-72(114)22-27-92-82(118)67-47-62(51-108(67)8)96-85(121)79-101-69(53-110(79)10)99-71(113)21-26-91-81(117)66-45-60(49-107(66)7)94-83(119)77-89-28-31-105(77)5/h13-20,28,31,45-47,49-53,64H,11-12,21-27,29-30,32-44,48H2,1-10H3,(H,88,112)(H,90,116)(H,91,117)(H,92,118)(H,93,115)(H,94,119)(H,95,120)(H,96,121)(H,98,114)(H,99,113)/t64-/m0/s1. The minimum Gasteiger partial charge on any atom is -0.491 e. The molecule has 41 nitrogen and oxygen atoms in total. The van der Waals surface area contributed by atoms with Crippen LogP contribution in [0.25, 0.3) is 5.00 Å². The fourth-order valence-corrected chi connectivity index (χ4v) is 14.9. The van der Waals surface area contributed by atoms with E-state index in [1.165, 1.54) is 55.2 Å². The number of thiophene rings is 1. The normalized spacial score (nSPS) is 12.2. The van der Waals surface area contributed by atoms with Crippen molar-refractivity contribution in [3.63, 3.8) is 0 Å². The van der Waals surface area contributed by atoms with Gasteiger partial charge in [-0.25, -0.2) is 15.0 Å². The molecule has 0 unspecified atom stereocenters. The summed E-state index contributed by atoms with van der Waals surface area (Å²) in [6.45, 7) is 13.2. The van der Waals surface area contributed by atoms with Gasteiger partial charge in [-0.3, -0.25) is 57.5 Å². The Kier molecular flexibility index (Phi) is 35.7. The summed E-state index contributed by atoms with van der Waals surface area (Å²) in [7, 11) is 11.7. The number of carbonyl (C=O) groups is 10. The van der Waals surface area contributed by atoms with Gasteiger partial charge in [-0.05, 0) is 114 Å². The van der Waals surface area contributed by atoms with Crippen molar-refractivity contribution in [1.29, 1.82) is 0 Å². The van der Waals surface area contributed by atoms with Crippen molar-refractivity contribution < 1.29 is 81.1 Å². The van der Waals surface area contributed by atoms with Crippen LogP contribution in [0.4, 0.5) is 34.4 Å². The van der Waals surface area contributed by atoms with Gasteiger partial charge < -0.3 is 119 Å². The lowest BCUT2D eigenvalue weighted by molar-refractivity contribution is -0.122. The molecule has 688 valence electrons. The summed E-state index contributed by atoms with van der Waals surface area (Å²) in [4.78, 5) is 152. The quantitative estimate of drug-likeness (QED) is 0.0183. The number of aryl methyl sites for hydroxylation is 8. The number of fused-ring (bicyclic) bond motifs is 3. The Morgan fingerprint density at radius 1 is 0.457 bits per heavy atom. The molecular weight excluding hydrogens is 1710 g/mol. The third-order valence-electron chi connectivity index (χ3n) is 20.2. The predicted molar refractivity (Wildman–Crippen MR) is 481 cm³/mol. The van der Waals surface area contributed by atoms with E-state index in [1.54, 1.807) is 112 Å². The van der Waals surface area contributed by atoms with Crippen molar-refractivity contribution in [3.05, 3.63) is 183 Å². The molecular formula is C86H109ClN24O17S. The van der Waals surface area contributed by atoms with Gasteiger partial charge in [-0.2, -0.15) is 0 Å². The van der Waals surface area contributed by atoms with Crippen LogP contribution in [0.5, 0.6) is 5.75 Å². The summed E-state index contributed by atoms with van der Waals surface area (Å²) in [6, 6.07) is 18.6. The van der Waals surface area contributed by atoms with Gasteiger partial charge in [0.15, 0.2) is 23.3 Å². The Morgan fingerprint density at radius 2 is 0.915 bits per heavy atom. The number of benzene rings is 2. The maximum absolute atomic E-state index is 13.6. The molecule has 1 aliphatic heterocycles. The molecule has 0 saturated heterocycles. The topological polar surface area (TPSA) is 470 Å². The van der Waals surface area contributed by atoms with E-state index in [1.807, 2.05) is 42.8 Å². The number of hydrogen-bond acceptors (Lipinski definition) is 25. The maximum Gasteiger partial charge on any atom is 0.291 e. The van der Waals surface area contributed by atoms with Gasteiger partial charge in [-0.15, -0.1) is 21.5 Å². The summed E-state index contributed by atoms with van der Waals surface area (Å²) in [5, 5.41) is 38.1. The van der Waals surface area contributed by atoms with Gasteiger partial charge in [0.25, 0.3) is 35.4 Å². The Balaban J connectivity index is 0.451. The van der Waals surface area contributed by atoms with Gasteiger partial charge >= 0.3 is 0 Å². The number of aromatic nitrogens is 12. The van der Waals surface area contributed by atoms with Gasteiger partial charge in [0.1, 0.15) is 46.3 Å². The predicted octanol–water partition coefficient (Wildman–Crippen LogP) is 6.45. The van der Waals surface area contributed by atoms with Crippen LogP contribution in [0.1, 0.15) is 141 Å². The van der Waals surface area contributed by atoms with E-state index in [0.717, 1.165) is 51.1 Å². The maximum atomic E-state index is 13.6. The lowest BCUT2D eigenvalue weighted by Gasteiger charge is -2.17. The molecule has 129 heavy (non-hydrogen) atoms. The third kappa shape index (κ3) is 28.2. The molecule has 2 aromatic carbocycles. The first-order valence-corrected chi connectivity index (χ1v) is 43.0. The van der Waals surface area contributed by atoms with E-state index in [9.17, 15) is 47.9 Å². The molecule has 0 radical (unpaired) electrons. The number of hydrogen-bond donors (Lipinski definition) is 10. The highest BCUT2D eigenvalue weighted by molar-refractivity contribution is 7.15. The third-order valence-corrected chi connectivity index (χ3v) is 21.7. The van der Waals surface area contributed by atoms with Crippen molar-refractivity contribution in [2.45, 2.75) is 65.3 Å². The lowest BCUT2D eigenvalue weighted by Crippen LogP contribution is -2.31. The Labute approximate surface area is 753 Å². The van der Waals surface area contributed by atoms with Gasteiger partial charge in [0, 0.05) is 158 Å². The molecule has 11 rings (SSSR count). The first kappa shape index (κ1) is 96.6. The fraction of sp³-hybridized carbons (Fsp3) is 0.419. The number of nitrogens with one attached hydrogen (secondary N) is 10. The van der Waals surface area contributed by atoms with Crippen LogP contribution < -0.4 is 57.9 Å². The van der Waals surface area contributed by atoms with Crippen molar-refractivity contribution in [1.82, 2.24) is 83.3 Å². The monoisotopic (exact) mass is 1820 g/mol. The van der Waals surface area contributed by atoms with E-state index in [2.05, 4.69) is 97.1 Å². The molecule has 0 fully saturated rings. The average Bonchev–Trinajstić information content (AvgIpc) is 1.59. The van der Waals surface area contributed by atoms with E-state index in [-0.39, 0.29) is 109 Å². The summed E-state index contributed by atoms with van der Waals surface area (Å²) in [5.41, 5.74) is 6.10. The summed E-state index contributed by atoms with van der Waals surface area (Å²) < 4.78 is 50.5. The smallest absolute Gasteiger partial charge is 0.291 e. The zero-order valence-electron chi connectivity index (χ0n) is 73.6. The van der Waals surface area contributed by atoms with Crippen LogP contribution in [0, 0.1) is 20.8 Å². The van der Waals surface area contributed by atoms with E-state index in [0.29, 0.717) is 145 Å². The number of imidazole rings is 3. The first-order chi connectivity index (χ1) is 62.1.